The second-order valence-electron chi connectivity index (χ2n) is 7.52. The molecule has 9 nitrogen and oxygen atoms in total. The molecule has 0 unspecified atom stereocenters. The average Bonchev–Trinajstić information content (AvgIpc) is 3.42. The smallest absolute Gasteiger partial charge is 0.258 e. The van der Waals surface area contributed by atoms with Gasteiger partial charge in [0.1, 0.15) is 11.5 Å². The SMILES string of the molecule is Cc1ncc(C(=O)Nc2cc(C(C)(C)C)on2)cc1-n1cc(-c2cncs2)nn1. The molecule has 0 saturated heterocycles. The Kier molecular flexibility index (Phi) is 4.71. The molecule has 4 aromatic heterocycles. The summed E-state index contributed by atoms with van der Waals surface area (Å²) in [5.41, 5.74) is 4.01. The fourth-order valence-electron chi connectivity index (χ4n) is 2.59. The first-order valence-corrected chi connectivity index (χ1v) is 9.76. The van der Waals surface area contributed by atoms with Crippen molar-refractivity contribution in [2.45, 2.75) is 33.1 Å². The van der Waals surface area contributed by atoms with Crippen molar-refractivity contribution in [3.05, 3.63) is 53.3 Å². The summed E-state index contributed by atoms with van der Waals surface area (Å²) in [5, 5.41) is 15.0. The van der Waals surface area contributed by atoms with E-state index in [1.807, 2.05) is 27.7 Å². The largest absolute Gasteiger partial charge is 0.359 e. The predicted molar refractivity (Wildman–Crippen MR) is 108 cm³/mol. The Morgan fingerprint density at radius 2 is 2.07 bits per heavy atom. The molecule has 0 bridgehead atoms. The van der Waals surface area contributed by atoms with Gasteiger partial charge in [-0.1, -0.05) is 31.1 Å². The lowest BCUT2D eigenvalue weighted by molar-refractivity contribution is 0.102. The summed E-state index contributed by atoms with van der Waals surface area (Å²) in [6, 6.07) is 3.44. The van der Waals surface area contributed by atoms with E-state index in [0.717, 1.165) is 10.6 Å². The highest BCUT2D eigenvalue weighted by atomic mass is 32.1. The Hall–Kier alpha value is -3.40. The normalized spacial score (nSPS) is 11.6. The molecule has 10 heteroatoms. The van der Waals surface area contributed by atoms with Crippen LogP contribution >= 0.6 is 11.3 Å². The van der Waals surface area contributed by atoms with E-state index in [1.165, 1.54) is 17.5 Å². The van der Waals surface area contributed by atoms with E-state index in [0.29, 0.717) is 28.5 Å². The molecule has 4 rings (SSSR count). The van der Waals surface area contributed by atoms with Crippen LogP contribution in [0.5, 0.6) is 0 Å². The van der Waals surface area contributed by atoms with Gasteiger partial charge in [0.25, 0.3) is 5.91 Å². The average molecular weight is 409 g/mol. The standard InChI is InChI=1S/C19H19N7O2S/c1-11-14(26-9-13(23-25-26)15-8-20-10-29-15)5-12(7-21-11)18(27)22-17-6-16(28-24-17)19(2,3)4/h5-10H,1-4H3,(H,22,24,27). The van der Waals surface area contributed by atoms with Gasteiger partial charge >= 0.3 is 0 Å². The third-order valence-corrected chi connectivity index (χ3v) is 5.03. The third-order valence-electron chi connectivity index (χ3n) is 4.24. The highest BCUT2D eigenvalue weighted by Crippen LogP contribution is 2.25. The highest BCUT2D eigenvalue weighted by molar-refractivity contribution is 7.13. The van der Waals surface area contributed by atoms with Crippen LogP contribution in [0.4, 0.5) is 5.82 Å². The van der Waals surface area contributed by atoms with Gasteiger partial charge in [0, 0.05) is 23.9 Å². The molecule has 4 aromatic rings. The molecule has 4 heterocycles. The van der Waals surface area contributed by atoms with E-state index >= 15 is 0 Å². The molecular weight excluding hydrogens is 390 g/mol. The maximum absolute atomic E-state index is 12.7. The lowest BCUT2D eigenvalue weighted by Gasteiger charge is -2.12. The Bertz CT molecular complexity index is 1160. The van der Waals surface area contributed by atoms with Crippen LogP contribution in [-0.4, -0.2) is 36.0 Å². The second-order valence-corrected chi connectivity index (χ2v) is 8.41. The van der Waals surface area contributed by atoms with Gasteiger partial charge in [-0.05, 0) is 13.0 Å². The van der Waals surface area contributed by atoms with Gasteiger partial charge in [0.15, 0.2) is 5.82 Å². The van der Waals surface area contributed by atoms with Crippen molar-refractivity contribution in [3.8, 4) is 16.3 Å². The summed E-state index contributed by atoms with van der Waals surface area (Å²) in [6.45, 7) is 7.87. The molecule has 0 aliphatic rings. The summed E-state index contributed by atoms with van der Waals surface area (Å²) in [5.74, 6) is 0.708. The molecule has 0 radical (unpaired) electrons. The van der Waals surface area contributed by atoms with Gasteiger partial charge in [0.2, 0.25) is 0 Å². The number of anilines is 1. The molecule has 0 atom stereocenters. The Balaban J connectivity index is 1.58. The number of hydrogen-bond acceptors (Lipinski definition) is 8. The Morgan fingerprint density at radius 1 is 1.24 bits per heavy atom. The molecular formula is C19H19N7O2S. The molecule has 1 amide bonds. The van der Waals surface area contributed by atoms with E-state index in [4.69, 9.17) is 4.52 Å². The van der Waals surface area contributed by atoms with Gasteiger partial charge < -0.3 is 9.84 Å². The first kappa shape index (κ1) is 18.9. The molecule has 1 N–H and O–H groups in total. The summed E-state index contributed by atoms with van der Waals surface area (Å²) in [7, 11) is 0. The van der Waals surface area contributed by atoms with Crippen LogP contribution in [0.1, 0.15) is 42.6 Å². The van der Waals surface area contributed by atoms with Gasteiger partial charge in [0.05, 0.1) is 33.5 Å². The molecule has 0 fully saturated rings. The van der Waals surface area contributed by atoms with Crippen molar-refractivity contribution in [2.24, 2.45) is 0 Å². The van der Waals surface area contributed by atoms with Crippen LogP contribution in [0.15, 0.2) is 40.8 Å². The number of pyridine rings is 1. The van der Waals surface area contributed by atoms with Gasteiger partial charge in [-0.2, -0.15) is 0 Å². The van der Waals surface area contributed by atoms with Gasteiger partial charge in [-0.15, -0.1) is 16.4 Å². The quantitative estimate of drug-likeness (QED) is 0.548. The zero-order chi connectivity index (χ0) is 20.6. The number of aromatic nitrogens is 6. The fourth-order valence-corrected chi connectivity index (χ4v) is 3.16. The number of nitrogens with one attached hydrogen (secondary N) is 1. The number of carbonyl (C=O) groups is 1. The summed E-state index contributed by atoms with van der Waals surface area (Å²) in [4.78, 5) is 22.0. The van der Waals surface area contributed by atoms with E-state index in [-0.39, 0.29) is 11.3 Å². The fraction of sp³-hybridized carbons (Fsp3) is 0.263. The monoisotopic (exact) mass is 409 g/mol. The number of carbonyl (C=O) groups excluding carboxylic acids is 1. The van der Waals surface area contributed by atoms with Crippen LogP contribution in [0.2, 0.25) is 0 Å². The lowest BCUT2D eigenvalue weighted by Crippen LogP contribution is -2.14. The van der Waals surface area contributed by atoms with E-state index in [9.17, 15) is 4.79 Å². The molecule has 0 aliphatic heterocycles. The topological polar surface area (TPSA) is 112 Å². The van der Waals surface area contributed by atoms with Gasteiger partial charge in [-0.3, -0.25) is 14.8 Å². The number of aryl methyl sites for hydroxylation is 1. The molecule has 0 saturated carbocycles. The van der Waals surface area contributed by atoms with Crippen molar-refractivity contribution in [3.63, 3.8) is 0 Å². The number of thiazole rings is 1. The zero-order valence-electron chi connectivity index (χ0n) is 16.4. The molecule has 0 spiro atoms. The maximum atomic E-state index is 12.7. The van der Waals surface area contributed by atoms with Crippen LogP contribution in [0, 0.1) is 6.92 Å². The number of amides is 1. The minimum absolute atomic E-state index is 0.197. The molecule has 0 aromatic carbocycles. The predicted octanol–water partition coefficient (Wildman–Crippen LogP) is 3.63. The van der Waals surface area contributed by atoms with Crippen molar-refractivity contribution in [1.82, 2.24) is 30.1 Å². The number of hydrogen-bond donors (Lipinski definition) is 1. The van der Waals surface area contributed by atoms with Crippen LogP contribution in [0.3, 0.4) is 0 Å². The highest BCUT2D eigenvalue weighted by Gasteiger charge is 2.21. The van der Waals surface area contributed by atoms with Crippen LogP contribution < -0.4 is 5.32 Å². The molecule has 0 aliphatic carbocycles. The number of rotatable bonds is 4. The van der Waals surface area contributed by atoms with E-state index in [1.54, 1.807) is 34.7 Å². The van der Waals surface area contributed by atoms with Crippen molar-refractivity contribution < 1.29 is 9.32 Å². The van der Waals surface area contributed by atoms with Crippen LogP contribution in [0.25, 0.3) is 16.3 Å². The minimum Gasteiger partial charge on any atom is -0.359 e. The lowest BCUT2D eigenvalue weighted by atomic mass is 9.93. The van der Waals surface area contributed by atoms with Crippen molar-refractivity contribution in [1.29, 1.82) is 0 Å². The molecule has 29 heavy (non-hydrogen) atoms. The summed E-state index contributed by atoms with van der Waals surface area (Å²) >= 11 is 1.48. The van der Waals surface area contributed by atoms with Crippen molar-refractivity contribution >= 4 is 23.1 Å². The first-order valence-electron chi connectivity index (χ1n) is 8.88. The first-order chi connectivity index (χ1) is 13.8. The zero-order valence-corrected chi connectivity index (χ0v) is 17.2. The summed E-state index contributed by atoms with van der Waals surface area (Å²) in [6.07, 6.45) is 5.03. The molecule has 148 valence electrons. The minimum atomic E-state index is -0.338. The number of nitrogens with zero attached hydrogens (tertiary/aromatic N) is 6. The van der Waals surface area contributed by atoms with Crippen LogP contribution in [-0.2, 0) is 5.41 Å². The Morgan fingerprint density at radius 3 is 2.76 bits per heavy atom. The maximum Gasteiger partial charge on any atom is 0.258 e. The van der Waals surface area contributed by atoms with E-state index in [2.05, 4.69) is 30.8 Å². The van der Waals surface area contributed by atoms with Gasteiger partial charge in [-0.25, -0.2) is 4.68 Å². The third kappa shape index (κ3) is 3.92. The Labute approximate surface area is 170 Å². The van der Waals surface area contributed by atoms with Crippen molar-refractivity contribution in [2.75, 3.05) is 5.32 Å². The second kappa shape index (κ2) is 7.21. The summed E-state index contributed by atoms with van der Waals surface area (Å²) < 4.78 is 6.91. The van der Waals surface area contributed by atoms with E-state index < -0.39 is 0 Å².